The number of hydrogen-bond acceptors (Lipinski definition) is 4. The van der Waals surface area contributed by atoms with Crippen LogP contribution < -0.4 is 5.32 Å². The van der Waals surface area contributed by atoms with Crippen molar-refractivity contribution in [3.05, 3.63) is 42.3 Å². The van der Waals surface area contributed by atoms with Gasteiger partial charge in [0.1, 0.15) is 11.5 Å². The van der Waals surface area contributed by atoms with Gasteiger partial charge in [-0.3, -0.25) is 9.00 Å². The second-order valence-electron chi connectivity index (χ2n) is 5.82. The predicted molar refractivity (Wildman–Crippen MR) is 91.1 cm³/mol. The molecule has 0 saturated heterocycles. The van der Waals surface area contributed by atoms with Crippen LogP contribution in [-0.4, -0.2) is 26.9 Å². The minimum absolute atomic E-state index is 0.191. The molecule has 2 rings (SSSR count). The fourth-order valence-electron chi connectivity index (χ4n) is 1.93. The molecule has 1 N–H and O–H groups in total. The Kier molecular flexibility index (Phi) is 6.10. The first-order valence-electron chi connectivity index (χ1n) is 7.62. The lowest BCUT2D eigenvalue weighted by atomic mass is 10.2. The van der Waals surface area contributed by atoms with Crippen LogP contribution in [0, 0.1) is 5.92 Å². The Hall–Kier alpha value is -1.95. The molecule has 1 aromatic carbocycles. The molecule has 1 heterocycles. The maximum Gasteiger partial charge on any atom is 0.235 e. The van der Waals surface area contributed by atoms with Gasteiger partial charge in [-0.05, 0) is 25.0 Å². The molecule has 2 aromatic rings. The second-order valence-corrected chi connectivity index (χ2v) is 7.57. The van der Waals surface area contributed by atoms with Gasteiger partial charge in [0.25, 0.3) is 0 Å². The Balaban J connectivity index is 1.95. The number of benzene rings is 1. The Morgan fingerprint density at radius 2 is 1.96 bits per heavy atom. The lowest BCUT2D eigenvalue weighted by Gasteiger charge is -2.12. The highest BCUT2D eigenvalue weighted by Crippen LogP contribution is 2.19. The third-order valence-electron chi connectivity index (χ3n) is 3.31. The van der Waals surface area contributed by atoms with Gasteiger partial charge in [0.05, 0.1) is 11.4 Å². The topological polar surface area (TPSA) is 72.2 Å². The van der Waals surface area contributed by atoms with Gasteiger partial charge in [0.15, 0.2) is 0 Å². The van der Waals surface area contributed by atoms with E-state index in [4.69, 9.17) is 4.42 Å². The number of aromatic nitrogens is 1. The molecule has 0 aliphatic rings. The van der Waals surface area contributed by atoms with E-state index in [1.54, 1.807) is 6.92 Å². The zero-order chi connectivity index (χ0) is 16.8. The number of nitrogens with one attached hydrogen (secondary N) is 1. The Morgan fingerprint density at radius 3 is 2.61 bits per heavy atom. The molecule has 0 aliphatic carbocycles. The standard InChI is InChI=1S/C17H22N2O3S/c1-12(2)9-18-16(20)13(3)23(21)11-15-10-22-17(19-15)14-7-5-4-6-8-14/h4-8,10,12-13H,9,11H2,1-3H3,(H,18,20). The summed E-state index contributed by atoms with van der Waals surface area (Å²) in [5.74, 6) is 0.869. The molecule has 6 heteroatoms. The average Bonchev–Trinajstić information content (AvgIpc) is 3.01. The summed E-state index contributed by atoms with van der Waals surface area (Å²) in [5.41, 5.74) is 1.46. The lowest BCUT2D eigenvalue weighted by Crippen LogP contribution is -2.37. The summed E-state index contributed by atoms with van der Waals surface area (Å²) in [6, 6.07) is 9.51. The average molecular weight is 334 g/mol. The number of nitrogens with zero attached hydrogens (tertiary/aromatic N) is 1. The van der Waals surface area contributed by atoms with Crippen molar-refractivity contribution in [1.29, 1.82) is 0 Å². The van der Waals surface area contributed by atoms with Gasteiger partial charge in [-0.1, -0.05) is 32.0 Å². The molecule has 1 aromatic heterocycles. The Morgan fingerprint density at radius 1 is 1.26 bits per heavy atom. The zero-order valence-electron chi connectivity index (χ0n) is 13.6. The van der Waals surface area contributed by atoms with Crippen LogP contribution in [0.5, 0.6) is 0 Å². The molecule has 0 spiro atoms. The van der Waals surface area contributed by atoms with Gasteiger partial charge in [0, 0.05) is 22.9 Å². The highest BCUT2D eigenvalue weighted by molar-refractivity contribution is 7.85. The van der Waals surface area contributed by atoms with Crippen LogP contribution in [0.4, 0.5) is 0 Å². The van der Waals surface area contributed by atoms with Crippen LogP contribution in [0.3, 0.4) is 0 Å². The molecule has 0 fully saturated rings. The summed E-state index contributed by atoms with van der Waals surface area (Å²) in [4.78, 5) is 16.3. The van der Waals surface area contributed by atoms with E-state index >= 15 is 0 Å². The number of carbonyl (C=O) groups excluding carboxylic acids is 1. The van der Waals surface area contributed by atoms with E-state index in [1.165, 1.54) is 6.26 Å². The Labute approximate surface area is 139 Å². The van der Waals surface area contributed by atoms with E-state index in [-0.39, 0.29) is 11.7 Å². The molecule has 0 bridgehead atoms. The van der Waals surface area contributed by atoms with E-state index in [0.717, 1.165) is 5.56 Å². The van der Waals surface area contributed by atoms with Crippen LogP contribution in [0.25, 0.3) is 11.5 Å². The zero-order valence-corrected chi connectivity index (χ0v) is 14.4. The van der Waals surface area contributed by atoms with Crippen LogP contribution >= 0.6 is 0 Å². The van der Waals surface area contributed by atoms with Crippen molar-refractivity contribution in [2.45, 2.75) is 31.8 Å². The van der Waals surface area contributed by atoms with Crippen molar-refractivity contribution >= 4 is 16.7 Å². The van der Waals surface area contributed by atoms with Gasteiger partial charge in [-0.25, -0.2) is 4.98 Å². The minimum Gasteiger partial charge on any atom is -0.444 e. The van der Waals surface area contributed by atoms with Crippen molar-refractivity contribution in [2.24, 2.45) is 5.92 Å². The fourth-order valence-corrected chi connectivity index (χ4v) is 2.92. The number of oxazole rings is 1. The molecule has 0 radical (unpaired) electrons. The third-order valence-corrected chi connectivity index (χ3v) is 4.89. The maximum atomic E-state index is 12.3. The molecule has 5 nitrogen and oxygen atoms in total. The van der Waals surface area contributed by atoms with Gasteiger partial charge < -0.3 is 9.73 Å². The van der Waals surface area contributed by atoms with Crippen molar-refractivity contribution in [3.63, 3.8) is 0 Å². The number of rotatable bonds is 7. The molecular formula is C17H22N2O3S. The van der Waals surface area contributed by atoms with Crippen LogP contribution in [0.2, 0.25) is 0 Å². The van der Waals surface area contributed by atoms with E-state index in [9.17, 15) is 9.00 Å². The second kappa shape index (κ2) is 8.06. The smallest absolute Gasteiger partial charge is 0.235 e. The largest absolute Gasteiger partial charge is 0.444 e. The van der Waals surface area contributed by atoms with Crippen LogP contribution in [0.15, 0.2) is 41.0 Å². The van der Waals surface area contributed by atoms with Gasteiger partial charge in [-0.2, -0.15) is 0 Å². The SMILES string of the molecule is CC(C)CNC(=O)C(C)S(=O)Cc1coc(-c2ccccc2)n1. The van der Waals surface area contributed by atoms with Crippen molar-refractivity contribution in [1.82, 2.24) is 10.3 Å². The van der Waals surface area contributed by atoms with Crippen molar-refractivity contribution < 1.29 is 13.4 Å². The van der Waals surface area contributed by atoms with E-state index in [2.05, 4.69) is 10.3 Å². The number of amides is 1. The van der Waals surface area contributed by atoms with Gasteiger partial charge >= 0.3 is 0 Å². The van der Waals surface area contributed by atoms with E-state index < -0.39 is 16.0 Å². The van der Waals surface area contributed by atoms with E-state index in [0.29, 0.717) is 24.0 Å². The molecule has 0 aliphatic heterocycles. The van der Waals surface area contributed by atoms with Crippen molar-refractivity contribution in [2.75, 3.05) is 6.54 Å². The summed E-state index contributed by atoms with van der Waals surface area (Å²) in [6.07, 6.45) is 1.50. The molecule has 23 heavy (non-hydrogen) atoms. The van der Waals surface area contributed by atoms with Gasteiger partial charge in [-0.15, -0.1) is 0 Å². The lowest BCUT2D eigenvalue weighted by molar-refractivity contribution is -0.120. The highest BCUT2D eigenvalue weighted by atomic mass is 32.2. The quantitative estimate of drug-likeness (QED) is 0.845. The van der Waals surface area contributed by atoms with E-state index in [1.807, 2.05) is 44.2 Å². The molecule has 0 saturated carbocycles. The summed E-state index contributed by atoms with van der Waals surface area (Å²) in [7, 11) is -1.34. The van der Waals surface area contributed by atoms with Crippen molar-refractivity contribution in [3.8, 4) is 11.5 Å². The monoisotopic (exact) mass is 334 g/mol. The summed E-state index contributed by atoms with van der Waals surface area (Å²) in [5, 5.41) is 2.23. The minimum atomic E-state index is -1.34. The predicted octanol–water partition coefficient (Wildman–Crippen LogP) is 2.75. The Bertz CT molecular complexity index is 667. The molecule has 2 unspecified atom stereocenters. The van der Waals surface area contributed by atoms with Gasteiger partial charge in [0.2, 0.25) is 11.8 Å². The normalized spacial score (nSPS) is 13.7. The first kappa shape index (κ1) is 17.4. The first-order chi connectivity index (χ1) is 11.0. The molecular weight excluding hydrogens is 312 g/mol. The summed E-state index contributed by atoms with van der Waals surface area (Å²) < 4.78 is 17.7. The molecule has 124 valence electrons. The fraction of sp³-hybridized carbons (Fsp3) is 0.412. The first-order valence-corrected chi connectivity index (χ1v) is 9.00. The molecule has 1 amide bonds. The number of carbonyl (C=O) groups is 1. The van der Waals surface area contributed by atoms with Crippen LogP contribution in [-0.2, 0) is 21.3 Å². The maximum absolute atomic E-state index is 12.3. The highest BCUT2D eigenvalue weighted by Gasteiger charge is 2.21. The molecule has 2 atom stereocenters. The summed E-state index contributed by atoms with van der Waals surface area (Å²) in [6.45, 7) is 6.29. The third kappa shape index (κ3) is 5.03. The van der Waals surface area contributed by atoms with Crippen LogP contribution in [0.1, 0.15) is 26.5 Å². The summed E-state index contributed by atoms with van der Waals surface area (Å²) >= 11 is 0. The number of hydrogen-bond donors (Lipinski definition) is 1.